The number of nitrogens with one attached hydrogen (secondary N) is 1. The maximum Gasteiger partial charge on any atom is 0.248 e. The van der Waals surface area contributed by atoms with Crippen LogP contribution in [-0.2, 0) is 4.79 Å². The van der Waals surface area contributed by atoms with Crippen LogP contribution in [0.1, 0.15) is 5.56 Å². The fraction of sp³-hybridized carbons (Fsp3) is 0. The Labute approximate surface area is 109 Å². The van der Waals surface area contributed by atoms with Crippen molar-refractivity contribution in [3.05, 3.63) is 71.8 Å². The van der Waals surface area contributed by atoms with E-state index in [1.807, 2.05) is 0 Å². The molecule has 2 rings (SSSR count). The predicted molar refractivity (Wildman–Crippen MR) is 70.5 cm³/mol. The van der Waals surface area contributed by atoms with Gasteiger partial charge in [0.25, 0.3) is 0 Å². The minimum atomic E-state index is -0.416. The molecule has 0 radical (unpaired) electrons. The molecule has 0 aliphatic heterocycles. The Morgan fingerprint density at radius 2 is 1.74 bits per heavy atom. The molecule has 0 saturated carbocycles. The normalized spacial score (nSPS) is 10.6. The van der Waals surface area contributed by atoms with Crippen LogP contribution >= 0.6 is 0 Å². The van der Waals surface area contributed by atoms with Gasteiger partial charge in [-0.05, 0) is 42.0 Å². The third-order valence-corrected chi connectivity index (χ3v) is 2.39. The SMILES string of the molecule is O=C(C=Cc1ccc(F)cc1)Nc1cccc(F)c1. The van der Waals surface area contributed by atoms with Gasteiger partial charge in [0.15, 0.2) is 0 Å². The lowest BCUT2D eigenvalue weighted by atomic mass is 10.2. The Bertz CT molecular complexity index is 606. The fourth-order valence-corrected chi connectivity index (χ4v) is 1.50. The number of rotatable bonds is 3. The van der Waals surface area contributed by atoms with E-state index >= 15 is 0 Å². The largest absolute Gasteiger partial charge is 0.322 e. The van der Waals surface area contributed by atoms with Crippen molar-refractivity contribution >= 4 is 17.7 Å². The van der Waals surface area contributed by atoms with Crippen molar-refractivity contribution in [3.8, 4) is 0 Å². The van der Waals surface area contributed by atoms with Gasteiger partial charge in [-0.15, -0.1) is 0 Å². The second-order valence-corrected chi connectivity index (χ2v) is 3.88. The minimum absolute atomic E-state index is 0.332. The van der Waals surface area contributed by atoms with Crippen molar-refractivity contribution < 1.29 is 13.6 Å². The average molecular weight is 259 g/mol. The van der Waals surface area contributed by atoms with Gasteiger partial charge in [-0.1, -0.05) is 18.2 Å². The molecule has 0 unspecified atom stereocenters. The summed E-state index contributed by atoms with van der Waals surface area (Å²) in [6, 6.07) is 11.4. The number of carbonyl (C=O) groups excluding carboxylic acids is 1. The van der Waals surface area contributed by atoms with Crippen molar-refractivity contribution in [2.75, 3.05) is 5.32 Å². The summed E-state index contributed by atoms with van der Waals surface area (Å²) < 4.78 is 25.6. The van der Waals surface area contributed by atoms with Crippen LogP contribution in [0, 0.1) is 11.6 Å². The van der Waals surface area contributed by atoms with Crippen LogP contribution in [0.2, 0.25) is 0 Å². The first kappa shape index (κ1) is 13.0. The van der Waals surface area contributed by atoms with Crippen LogP contribution in [0.15, 0.2) is 54.6 Å². The second kappa shape index (κ2) is 5.91. The molecule has 2 nitrogen and oxygen atoms in total. The molecule has 0 atom stereocenters. The summed E-state index contributed by atoms with van der Waals surface area (Å²) >= 11 is 0. The van der Waals surface area contributed by atoms with Gasteiger partial charge in [0.05, 0.1) is 0 Å². The molecule has 1 amide bonds. The summed E-state index contributed by atoms with van der Waals surface area (Å²) in [7, 11) is 0. The van der Waals surface area contributed by atoms with Crippen molar-refractivity contribution in [3.63, 3.8) is 0 Å². The van der Waals surface area contributed by atoms with Crippen molar-refractivity contribution in [2.24, 2.45) is 0 Å². The molecule has 96 valence electrons. The smallest absolute Gasteiger partial charge is 0.248 e. The van der Waals surface area contributed by atoms with E-state index in [2.05, 4.69) is 5.32 Å². The third kappa shape index (κ3) is 4.03. The quantitative estimate of drug-likeness (QED) is 0.838. The number of benzene rings is 2. The highest BCUT2D eigenvalue weighted by atomic mass is 19.1. The molecule has 1 N–H and O–H groups in total. The third-order valence-electron chi connectivity index (χ3n) is 2.39. The molecule has 0 bridgehead atoms. The highest BCUT2D eigenvalue weighted by molar-refractivity contribution is 6.01. The monoisotopic (exact) mass is 259 g/mol. The molecule has 0 aliphatic carbocycles. The second-order valence-electron chi connectivity index (χ2n) is 3.88. The molecule has 0 aromatic heterocycles. The summed E-state index contributed by atoms with van der Waals surface area (Å²) in [5, 5.41) is 2.52. The number of carbonyl (C=O) groups is 1. The number of anilines is 1. The van der Waals surface area contributed by atoms with Crippen molar-refractivity contribution in [1.29, 1.82) is 0 Å². The van der Waals surface area contributed by atoms with Crippen LogP contribution in [0.4, 0.5) is 14.5 Å². The molecule has 0 saturated heterocycles. The van der Waals surface area contributed by atoms with E-state index in [-0.39, 0.29) is 11.7 Å². The van der Waals surface area contributed by atoms with E-state index in [1.54, 1.807) is 24.3 Å². The van der Waals surface area contributed by atoms with E-state index in [4.69, 9.17) is 0 Å². The summed E-state index contributed by atoms with van der Waals surface area (Å²) in [5.74, 6) is -1.13. The molecular weight excluding hydrogens is 248 g/mol. The number of hydrogen-bond donors (Lipinski definition) is 1. The maximum atomic E-state index is 12.9. The number of halogens is 2. The zero-order chi connectivity index (χ0) is 13.7. The molecular formula is C15H11F2NO. The lowest BCUT2D eigenvalue weighted by molar-refractivity contribution is -0.111. The van der Waals surface area contributed by atoms with Crippen LogP contribution in [0.3, 0.4) is 0 Å². The van der Waals surface area contributed by atoms with Crippen LogP contribution in [0.5, 0.6) is 0 Å². The van der Waals surface area contributed by atoms with E-state index in [9.17, 15) is 13.6 Å². The Morgan fingerprint density at radius 1 is 1.00 bits per heavy atom. The molecule has 4 heteroatoms. The molecule has 0 fully saturated rings. The Hall–Kier alpha value is -2.49. The van der Waals surface area contributed by atoms with Gasteiger partial charge in [0.1, 0.15) is 11.6 Å². The molecule has 19 heavy (non-hydrogen) atoms. The summed E-state index contributed by atoms with van der Waals surface area (Å²) in [6.07, 6.45) is 2.85. The van der Waals surface area contributed by atoms with Crippen molar-refractivity contribution in [2.45, 2.75) is 0 Å². The Kier molecular flexibility index (Phi) is 4.03. The van der Waals surface area contributed by atoms with Gasteiger partial charge in [-0.25, -0.2) is 8.78 Å². The average Bonchev–Trinajstić information content (AvgIpc) is 2.38. The zero-order valence-corrected chi connectivity index (χ0v) is 9.94. The van der Waals surface area contributed by atoms with Gasteiger partial charge in [-0.3, -0.25) is 4.79 Å². The van der Waals surface area contributed by atoms with Crippen LogP contribution < -0.4 is 5.32 Å². The molecule has 0 aliphatic rings. The fourth-order valence-electron chi connectivity index (χ4n) is 1.50. The maximum absolute atomic E-state index is 12.9. The van der Waals surface area contributed by atoms with Gasteiger partial charge >= 0.3 is 0 Å². The molecule has 2 aromatic carbocycles. The van der Waals surface area contributed by atoms with Gasteiger partial charge in [0.2, 0.25) is 5.91 Å². The first-order chi connectivity index (χ1) is 9.13. The Balaban J connectivity index is 1.99. The first-order valence-electron chi connectivity index (χ1n) is 5.64. The van der Waals surface area contributed by atoms with Gasteiger partial charge in [0, 0.05) is 11.8 Å². The molecule has 0 spiro atoms. The summed E-state index contributed by atoms with van der Waals surface area (Å²) in [5.41, 5.74) is 1.09. The predicted octanol–water partition coefficient (Wildman–Crippen LogP) is 3.62. The standard InChI is InChI=1S/C15H11F2NO/c16-12-7-4-11(5-8-12)6-9-15(19)18-14-3-1-2-13(17)10-14/h1-10H,(H,18,19). The topological polar surface area (TPSA) is 29.1 Å². The summed E-state index contributed by atoms with van der Waals surface area (Å²) in [6.45, 7) is 0. The highest BCUT2D eigenvalue weighted by Crippen LogP contribution is 2.09. The highest BCUT2D eigenvalue weighted by Gasteiger charge is 1.99. The van der Waals surface area contributed by atoms with Gasteiger partial charge in [-0.2, -0.15) is 0 Å². The van der Waals surface area contributed by atoms with E-state index < -0.39 is 5.82 Å². The zero-order valence-electron chi connectivity index (χ0n) is 9.94. The van der Waals surface area contributed by atoms with E-state index in [1.165, 1.54) is 36.4 Å². The number of hydrogen-bond acceptors (Lipinski definition) is 1. The lowest BCUT2D eigenvalue weighted by Crippen LogP contribution is -2.07. The lowest BCUT2D eigenvalue weighted by Gasteiger charge is -2.01. The molecule has 0 heterocycles. The van der Waals surface area contributed by atoms with Crippen LogP contribution in [0.25, 0.3) is 6.08 Å². The van der Waals surface area contributed by atoms with Crippen LogP contribution in [-0.4, -0.2) is 5.91 Å². The van der Waals surface area contributed by atoms with Gasteiger partial charge < -0.3 is 5.32 Å². The number of amides is 1. The van der Waals surface area contributed by atoms with E-state index in [0.29, 0.717) is 11.3 Å². The first-order valence-corrected chi connectivity index (χ1v) is 5.64. The summed E-state index contributed by atoms with van der Waals surface area (Å²) in [4.78, 5) is 11.6. The minimum Gasteiger partial charge on any atom is -0.322 e. The Morgan fingerprint density at radius 3 is 2.42 bits per heavy atom. The van der Waals surface area contributed by atoms with E-state index in [0.717, 1.165) is 0 Å². The molecule has 2 aromatic rings. The van der Waals surface area contributed by atoms with Crippen molar-refractivity contribution in [1.82, 2.24) is 0 Å².